The highest BCUT2D eigenvalue weighted by molar-refractivity contribution is 6.32. The number of nitrogens with one attached hydrogen (secondary N) is 2. The summed E-state index contributed by atoms with van der Waals surface area (Å²) in [4.78, 5) is 22.5. The van der Waals surface area contributed by atoms with Crippen LogP contribution in [0.5, 0.6) is 11.5 Å². The summed E-state index contributed by atoms with van der Waals surface area (Å²) < 4.78 is 11.0. The van der Waals surface area contributed by atoms with Crippen molar-refractivity contribution in [3.05, 3.63) is 84.8 Å². The number of aryl methyl sites for hydroxylation is 1. The van der Waals surface area contributed by atoms with Crippen LogP contribution in [0.15, 0.2) is 52.5 Å². The normalized spacial score (nSPS) is 10.8. The third kappa shape index (κ3) is 5.37. The molecule has 3 rings (SSSR count). The van der Waals surface area contributed by atoms with E-state index in [9.17, 15) is 14.9 Å². The molecule has 31 heavy (non-hydrogen) atoms. The van der Waals surface area contributed by atoms with Gasteiger partial charge < -0.3 is 9.47 Å². The van der Waals surface area contributed by atoms with Crippen molar-refractivity contribution in [1.82, 2.24) is 10.2 Å². The predicted molar refractivity (Wildman–Crippen MR) is 116 cm³/mol. The van der Waals surface area contributed by atoms with Gasteiger partial charge in [0, 0.05) is 11.6 Å². The molecule has 3 aromatic rings. The first-order valence-corrected chi connectivity index (χ1v) is 9.34. The van der Waals surface area contributed by atoms with Gasteiger partial charge in [-0.25, -0.2) is 5.10 Å². The fourth-order valence-corrected chi connectivity index (χ4v) is 2.84. The van der Waals surface area contributed by atoms with Gasteiger partial charge in [0.15, 0.2) is 5.75 Å². The number of hydrazone groups is 1. The van der Waals surface area contributed by atoms with E-state index in [1.54, 1.807) is 6.07 Å². The van der Waals surface area contributed by atoms with Crippen LogP contribution < -0.4 is 20.5 Å². The summed E-state index contributed by atoms with van der Waals surface area (Å²) in [7, 11) is 1.39. The lowest BCUT2D eigenvalue weighted by atomic mass is 10.1. The Kier molecular flexibility index (Phi) is 6.83. The summed E-state index contributed by atoms with van der Waals surface area (Å²) in [6, 6.07) is 10.5. The molecule has 0 aliphatic heterocycles. The minimum Gasteiger partial charge on any atom is -0.493 e. The van der Waals surface area contributed by atoms with Gasteiger partial charge >= 0.3 is 5.69 Å². The van der Waals surface area contributed by atoms with E-state index < -0.39 is 10.5 Å². The highest BCUT2D eigenvalue weighted by atomic mass is 35.5. The molecule has 0 saturated heterocycles. The topological polar surface area (TPSA) is 132 Å². The first kappa shape index (κ1) is 21.8. The van der Waals surface area contributed by atoms with Crippen molar-refractivity contribution in [3.8, 4) is 11.5 Å². The number of halogens is 1. The molecule has 11 heteroatoms. The van der Waals surface area contributed by atoms with Gasteiger partial charge in [-0.05, 0) is 18.6 Å². The highest BCUT2D eigenvalue weighted by Gasteiger charge is 2.22. The number of aromatic nitrogens is 2. The summed E-state index contributed by atoms with van der Waals surface area (Å²) in [5, 5.41) is 21.3. The highest BCUT2D eigenvalue weighted by Crippen LogP contribution is 2.38. The van der Waals surface area contributed by atoms with E-state index in [4.69, 9.17) is 21.1 Å². The van der Waals surface area contributed by atoms with Crippen LogP contribution in [-0.2, 0) is 6.61 Å². The van der Waals surface area contributed by atoms with Crippen molar-refractivity contribution in [2.75, 3.05) is 12.5 Å². The Balaban J connectivity index is 1.85. The number of ether oxygens (including phenoxy) is 2. The van der Waals surface area contributed by atoms with Crippen LogP contribution in [0.1, 0.15) is 16.7 Å². The first-order chi connectivity index (χ1) is 14.9. The van der Waals surface area contributed by atoms with E-state index in [0.29, 0.717) is 5.56 Å². The number of methoxy groups -OCH3 is 1. The number of hydrogen-bond donors (Lipinski definition) is 2. The van der Waals surface area contributed by atoms with Crippen molar-refractivity contribution in [2.45, 2.75) is 13.5 Å². The van der Waals surface area contributed by atoms with Crippen LogP contribution in [0, 0.1) is 17.0 Å². The lowest BCUT2D eigenvalue weighted by molar-refractivity contribution is -0.386. The van der Waals surface area contributed by atoms with Crippen LogP contribution in [0.2, 0.25) is 5.02 Å². The molecule has 2 N–H and O–H groups in total. The van der Waals surface area contributed by atoms with Gasteiger partial charge in [-0.2, -0.15) is 10.2 Å². The maximum absolute atomic E-state index is 11.6. The zero-order valence-electron chi connectivity index (χ0n) is 16.6. The Labute approximate surface area is 181 Å². The summed E-state index contributed by atoms with van der Waals surface area (Å²) in [5.41, 5.74) is 4.19. The minimum absolute atomic E-state index is 0.0148. The van der Waals surface area contributed by atoms with Gasteiger partial charge in [0.05, 0.1) is 24.4 Å². The molecule has 0 unspecified atom stereocenters. The Hall–Kier alpha value is -3.92. The number of anilines is 1. The molecule has 0 spiro atoms. The summed E-state index contributed by atoms with van der Waals surface area (Å²) >= 11 is 5.86. The maximum atomic E-state index is 11.6. The molecule has 0 aliphatic carbocycles. The van der Waals surface area contributed by atoms with Crippen molar-refractivity contribution < 1.29 is 14.4 Å². The SMILES string of the molecule is COc1cc(/C=N\Nc2cn[nH]c(=O)c2Cl)cc([N+](=O)[O-])c1OCc1cccc(C)c1. The molecule has 0 radical (unpaired) electrons. The molecule has 2 aromatic carbocycles. The standard InChI is InChI=1S/C20H18ClN5O5/c1-12-4-3-5-13(6-12)11-31-19-16(26(28)29)7-14(8-17(19)30-2)9-22-24-15-10-23-25-20(27)18(15)21/h3-10H,11H2,1-2H3,(H2,24,25,27)/b22-9-. The number of rotatable bonds is 8. The smallest absolute Gasteiger partial charge is 0.315 e. The van der Waals surface area contributed by atoms with Crippen molar-refractivity contribution in [2.24, 2.45) is 5.10 Å². The average Bonchev–Trinajstić information content (AvgIpc) is 2.75. The fourth-order valence-electron chi connectivity index (χ4n) is 2.71. The Morgan fingerprint density at radius 3 is 2.87 bits per heavy atom. The number of nitrogens with zero attached hydrogens (tertiary/aromatic N) is 3. The van der Waals surface area contributed by atoms with Crippen LogP contribution in [0.25, 0.3) is 0 Å². The third-order valence-electron chi connectivity index (χ3n) is 4.13. The second-order valence-electron chi connectivity index (χ2n) is 6.40. The molecule has 1 aromatic heterocycles. The Morgan fingerprint density at radius 2 is 2.16 bits per heavy atom. The van der Waals surface area contributed by atoms with Gasteiger partial charge in [-0.1, -0.05) is 41.4 Å². The summed E-state index contributed by atoms with van der Waals surface area (Å²) in [6.07, 6.45) is 2.60. The molecule has 0 atom stereocenters. The number of nitro groups is 1. The second-order valence-corrected chi connectivity index (χ2v) is 6.78. The molecule has 0 bridgehead atoms. The zero-order valence-corrected chi connectivity index (χ0v) is 17.3. The van der Waals surface area contributed by atoms with Gasteiger partial charge in [-0.3, -0.25) is 20.3 Å². The van der Waals surface area contributed by atoms with Gasteiger partial charge in [0.25, 0.3) is 5.56 Å². The van der Waals surface area contributed by atoms with E-state index >= 15 is 0 Å². The largest absolute Gasteiger partial charge is 0.493 e. The van der Waals surface area contributed by atoms with E-state index in [1.807, 2.05) is 31.2 Å². The third-order valence-corrected chi connectivity index (χ3v) is 4.51. The molecule has 160 valence electrons. The van der Waals surface area contributed by atoms with E-state index in [0.717, 1.165) is 11.1 Å². The molecule has 0 fully saturated rings. The number of nitro benzene ring substituents is 1. The Bertz CT molecular complexity index is 1190. The average molecular weight is 444 g/mol. The van der Waals surface area contributed by atoms with E-state index in [2.05, 4.69) is 20.7 Å². The quantitative estimate of drug-likeness (QED) is 0.308. The van der Waals surface area contributed by atoms with Crippen molar-refractivity contribution in [1.29, 1.82) is 0 Å². The number of benzene rings is 2. The number of hydrogen-bond acceptors (Lipinski definition) is 8. The Morgan fingerprint density at radius 1 is 1.35 bits per heavy atom. The molecule has 10 nitrogen and oxygen atoms in total. The first-order valence-electron chi connectivity index (χ1n) is 8.96. The van der Waals surface area contributed by atoms with Crippen LogP contribution in [-0.4, -0.2) is 28.4 Å². The van der Waals surface area contributed by atoms with Crippen LogP contribution >= 0.6 is 11.6 Å². The van der Waals surface area contributed by atoms with Crippen molar-refractivity contribution in [3.63, 3.8) is 0 Å². The lowest BCUT2D eigenvalue weighted by Crippen LogP contribution is -2.10. The monoisotopic (exact) mass is 443 g/mol. The summed E-state index contributed by atoms with van der Waals surface area (Å²) in [5.74, 6) is 0.195. The van der Waals surface area contributed by atoms with Crippen LogP contribution in [0.4, 0.5) is 11.4 Å². The summed E-state index contributed by atoms with van der Waals surface area (Å²) in [6.45, 7) is 2.09. The molecular formula is C20H18ClN5O5. The molecule has 0 saturated carbocycles. The zero-order chi connectivity index (χ0) is 22.4. The van der Waals surface area contributed by atoms with E-state index in [1.165, 1.54) is 25.6 Å². The maximum Gasteiger partial charge on any atom is 0.315 e. The van der Waals surface area contributed by atoms with E-state index in [-0.39, 0.29) is 34.5 Å². The molecule has 1 heterocycles. The number of H-pyrrole nitrogens is 1. The minimum atomic E-state index is -0.575. The lowest BCUT2D eigenvalue weighted by Gasteiger charge is -2.12. The van der Waals surface area contributed by atoms with Gasteiger partial charge in [0.2, 0.25) is 5.75 Å². The van der Waals surface area contributed by atoms with Gasteiger partial charge in [0.1, 0.15) is 17.3 Å². The molecular weight excluding hydrogens is 426 g/mol. The van der Waals surface area contributed by atoms with Gasteiger partial charge in [-0.15, -0.1) is 0 Å². The second kappa shape index (κ2) is 9.72. The molecule has 0 aliphatic rings. The van der Waals surface area contributed by atoms with Crippen molar-refractivity contribution >= 4 is 29.2 Å². The fraction of sp³-hybridized carbons (Fsp3) is 0.150. The predicted octanol–water partition coefficient (Wildman–Crippen LogP) is 3.67. The number of aromatic amines is 1. The molecule has 0 amide bonds. The van der Waals surface area contributed by atoms with Crippen LogP contribution in [0.3, 0.4) is 0 Å².